The Kier molecular flexibility index (Phi) is 5.24. The Morgan fingerprint density at radius 1 is 1.10 bits per heavy atom. The van der Waals surface area contributed by atoms with Crippen LogP contribution in [-0.2, 0) is 24.5 Å². The second kappa shape index (κ2) is 6.60. The van der Waals surface area contributed by atoms with Gasteiger partial charge < -0.3 is 9.47 Å². The van der Waals surface area contributed by atoms with Crippen molar-refractivity contribution in [2.24, 2.45) is 5.92 Å². The first-order valence-corrected chi connectivity index (χ1v) is 8.72. The molecule has 0 aliphatic carbocycles. The number of methoxy groups -OCH3 is 1. The third-order valence-corrected chi connectivity index (χ3v) is 6.00. The highest BCUT2D eigenvalue weighted by Gasteiger charge is 2.38. The Bertz CT molecular complexity index is 463. The highest BCUT2D eigenvalue weighted by molar-refractivity contribution is 7.86. The van der Waals surface area contributed by atoms with Crippen LogP contribution in [0, 0.1) is 5.92 Å². The van der Waals surface area contributed by atoms with Gasteiger partial charge >= 0.3 is 5.97 Å². The van der Waals surface area contributed by atoms with E-state index in [4.69, 9.17) is 9.47 Å². The second-order valence-corrected chi connectivity index (χ2v) is 7.71. The number of esters is 1. The summed E-state index contributed by atoms with van der Waals surface area (Å²) in [4.78, 5) is 11.5. The molecule has 0 unspecified atom stereocenters. The zero-order valence-electron chi connectivity index (χ0n) is 12.8. The molecule has 0 aromatic rings. The molecule has 0 spiro atoms. The van der Waals surface area contributed by atoms with Gasteiger partial charge in [-0.05, 0) is 26.7 Å². The minimum Gasteiger partial charge on any atom is -0.469 e. The number of carbonyl (C=O) groups is 1. The van der Waals surface area contributed by atoms with Gasteiger partial charge in [-0.15, -0.1) is 0 Å². The Hall–Kier alpha value is -0.700. The molecule has 0 amide bonds. The van der Waals surface area contributed by atoms with Crippen LogP contribution in [0.3, 0.4) is 0 Å². The van der Waals surface area contributed by atoms with E-state index in [-0.39, 0.29) is 24.1 Å². The summed E-state index contributed by atoms with van der Waals surface area (Å²) < 4.78 is 38.6. The van der Waals surface area contributed by atoms with E-state index in [1.165, 1.54) is 15.7 Å². The molecule has 2 aliphatic rings. The van der Waals surface area contributed by atoms with Gasteiger partial charge in [0, 0.05) is 26.2 Å². The number of hydrogen-bond acceptors (Lipinski definition) is 5. The molecule has 0 saturated carbocycles. The summed E-state index contributed by atoms with van der Waals surface area (Å²) >= 11 is 0. The van der Waals surface area contributed by atoms with E-state index in [1.54, 1.807) is 0 Å². The van der Waals surface area contributed by atoms with Crippen LogP contribution in [0.2, 0.25) is 0 Å². The number of carbonyl (C=O) groups excluding carboxylic acids is 1. The van der Waals surface area contributed by atoms with E-state index in [1.807, 2.05) is 13.8 Å². The van der Waals surface area contributed by atoms with Gasteiger partial charge in [0.25, 0.3) is 10.2 Å². The number of rotatable bonds is 3. The van der Waals surface area contributed by atoms with Gasteiger partial charge in [-0.3, -0.25) is 4.79 Å². The lowest BCUT2D eigenvalue weighted by molar-refractivity contribution is -0.146. The molecule has 0 aromatic heterocycles. The summed E-state index contributed by atoms with van der Waals surface area (Å²) in [6.07, 6.45) is 0.829. The normalized spacial score (nSPS) is 30.2. The van der Waals surface area contributed by atoms with Crippen LogP contribution < -0.4 is 0 Å². The van der Waals surface area contributed by atoms with Crippen LogP contribution in [0.4, 0.5) is 0 Å². The predicted octanol–water partition coefficient (Wildman–Crippen LogP) is 0.225. The molecule has 8 heteroatoms. The summed E-state index contributed by atoms with van der Waals surface area (Å²) in [5.41, 5.74) is 0. The molecule has 2 saturated heterocycles. The van der Waals surface area contributed by atoms with Gasteiger partial charge in [0.2, 0.25) is 0 Å². The first-order chi connectivity index (χ1) is 9.84. The molecule has 2 aliphatic heterocycles. The van der Waals surface area contributed by atoms with Gasteiger partial charge in [-0.25, -0.2) is 0 Å². The average Bonchev–Trinajstić information content (AvgIpc) is 2.45. The largest absolute Gasteiger partial charge is 0.469 e. The number of piperidine rings is 1. The smallest absolute Gasteiger partial charge is 0.308 e. The van der Waals surface area contributed by atoms with Crippen LogP contribution in [0.25, 0.3) is 0 Å². The molecular formula is C13H24N2O5S. The van der Waals surface area contributed by atoms with Gasteiger partial charge in [0.15, 0.2) is 0 Å². The number of morpholine rings is 1. The van der Waals surface area contributed by atoms with Crippen LogP contribution >= 0.6 is 0 Å². The summed E-state index contributed by atoms with van der Waals surface area (Å²) in [5.74, 6) is -0.440. The first-order valence-electron chi connectivity index (χ1n) is 7.33. The fourth-order valence-corrected chi connectivity index (χ4v) is 4.77. The summed E-state index contributed by atoms with van der Waals surface area (Å²) in [7, 11) is -2.11. The highest BCUT2D eigenvalue weighted by Crippen LogP contribution is 2.24. The molecular weight excluding hydrogens is 296 g/mol. The van der Waals surface area contributed by atoms with E-state index in [0.717, 1.165) is 0 Å². The van der Waals surface area contributed by atoms with E-state index >= 15 is 0 Å². The van der Waals surface area contributed by atoms with Crippen molar-refractivity contribution in [2.45, 2.75) is 38.9 Å². The van der Waals surface area contributed by atoms with Crippen molar-refractivity contribution < 1.29 is 22.7 Å². The van der Waals surface area contributed by atoms with Crippen molar-refractivity contribution >= 4 is 16.2 Å². The van der Waals surface area contributed by atoms with Gasteiger partial charge in [-0.1, -0.05) is 0 Å². The van der Waals surface area contributed by atoms with Gasteiger partial charge in [0.05, 0.1) is 25.2 Å². The standard InChI is InChI=1S/C13H24N2O5S/c1-10-8-15(9-11(2)20-10)21(17,18)14-6-4-12(5-7-14)13(16)19-3/h10-12H,4-9H2,1-3H3/t10-,11-/m0/s1. The summed E-state index contributed by atoms with van der Waals surface area (Å²) in [5, 5.41) is 0. The second-order valence-electron chi connectivity index (χ2n) is 5.78. The molecule has 7 nitrogen and oxygen atoms in total. The molecule has 0 aromatic carbocycles. The molecule has 2 heterocycles. The van der Waals surface area contributed by atoms with Crippen molar-refractivity contribution in [3.8, 4) is 0 Å². The first kappa shape index (κ1) is 16.7. The van der Waals surface area contributed by atoms with Gasteiger partial charge in [-0.2, -0.15) is 17.0 Å². The van der Waals surface area contributed by atoms with Crippen molar-refractivity contribution in [1.29, 1.82) is 0 Å². The van der Waals surface area contributed by atoms with Crippen LogP contribution in [0.5, 0.6) is 0 Å². The van der Waals surface area contributed by atoms with Crippen molar-refractivity contribution in [2.75, 3.05) is 33.3 Å². The SMILES string of the molecule is COC(=O)C1CCN(S(=O)(=O)N2C[C@H](C)O[C@@H](C)C2)CC1. The molecule has 0 radical (unpaired) electrons. The highest BCUT2D eigenvalue weighted by atomic mass is 32.2. The Balaban J connectivity index is 1.99. The predicted molar refractivity (Wildman–Crippen MR) is 76.8 cm³/mol. The minimum absolute atomic E-state index is 0.101. The van der Waals surface area contributed by atoms with Crippen LogP contribution in [0.15, 0.2) is 0 Å². The van der Waals surface area contributed by atoms with E-state index in [9.17, 15) is 13.2 Å². The maximum atomic E-state index is 12.7. The van der Waals surface area contributed by atoms with Crippen molar-refractivity contribution in [3.63, 3.8) is 0 Å². The molecule has 0 N–H and O–H groups in total. The summed E-state index contributed by atoms with van der Waals surface area (Å²) in [6, 6.07) is 0. The molecule has 21 heavy (non-hydrogen) atoms. The Morgan fingerprint density at radius 3 is 2.10 bits per heavy atom. The number of hydrogen-bond donors (Lipinski definition) is 0. The lowest BCUT2D eigenvalue weighted by Gasteiger charge is -2.39. The maximum Gasteiger partial charge on any atom is 0.308 e. The Labute approximate surface area is 126 Å². The topological polar surface area (TPSA) is 76.2 Å². The lowest BCUT2D eigenvalue weighted by atomic mass is 9.99. The van der Waals surface area contributed by atoms with E-state index in [2.05, 4.69) is 0 Å². The zero-order valence-corrected chi connectivity index (χ0v) is 13.6. The van der Waals surface area contributed by atoms with Crippen molar-refractivity contribution in [3.05, 3.63) is 0 Å². The molecule has 0 bridgehead atoms. The quantitative estimate of drug-likeness (QED) is 0.696. The molecule has 2 fully saturated rings. The average molecular weight is 320 g/mol. The lowest BCUT2D eigenvalue weighted by Crippen LogP contribution is -2.54. The molecule has 2 rings (SSSR count). The molecule has 122 valence electrons. The number of ether oxygens (including phenoxy) is 2. The molecule has 2 atom stereocenters. The summed E-state index contributed by atoms with van der Waals surface area (Å²) in [6.45, 7) is 5.24. The third-order valence-electron chi connectivity index (χ3n) is 4.03. The zero-order chi connectivity index (χ0) is 15.6. The Morgan fingerprint density at radius 2 is 1.62 bits per heavy atom. The number of nitrogens with zero attached hydrogens (tertiary/aromatic N) is 2. The van der Waals surface area contributed by atoms with Crippen molar-refractivity contribution in [1.82, 2.24) is 8.61 Å². The monoisotopic (exact) mass is 320 g/mol. The fourth-order valence-electron chi connectivity index (χ4n) is 2.97. The maximum absolute atomic E-state index is 12.7. The van der Waals surface area contributed by atoms with Gasteiger partial charge in [0.1, 0.15) is 0 Å². The van der Waals surface area contributed by atoms with Crippen LogP contribution in [-0.4, -0.2) is 68.5 Å². The van der Waals surface area contributed by atoms with E-state index < -0.39 is 10.2 Å². The fraction of sp³-hybridized carbons (Fsp3) is 0.923. The van der Waals surface area contributed by atoms with Crippen LogP contribution in [0.1, 0.15) is 26.7 Å². The van der Waals surface area contributed by atoms with E-state index in [0.29, 0.717) is 39.0 Å². The third kappa shape index (κ3) is 3.74. The minimum atomic E-state index is -3.47.